The molecule has 3 aromatic carbocycles. The van der Waals surface area contributed by atoms with Gasteiger partial charge in [0.25, 0.3) is 11.8 Å². The fourth-order valence-corrected chi connectivity index (χ4v) is 3.58. The number of nitrogens with one attached hydrogen (secondary N) is 1. The lowest BCUT2D eigenvalue weighted by molar-refractivity contribution is -0.120. The normalized spacial score (nSPS) is 13.2. The molecule has 4 rings (SSSR count). The van der Waals surface area contributed by atoms with Crippen molar-refractivity contribution in [3.8, 4) is 17.6 Å². The van der Waals surface area contributed by atoms with Crippen molar-refractivity contribution in [1.29, 1.82) is 5.26 Å². The van der Waals surface area contributed by atoms with E-state index in [1.807, 2.05) is 25.1 Å². The Labute approximate surface area is 191 Å². The molecule has 3 aromatic rings. The molecule has 0 spiro atoms. The third-order valence-corrected chi connectivity index (χ3v) is 5.16. The number of nitriles is 1. The molecule has 7 heteroatoms. The van der Waals surface area contributed by atoms with E-state index < -0.39 is 11.8 Å². The number of ether oxygens (including phenoxy) is 2. The third-order valence-electron chi connectivity index (χ3n) is 5.16. The molecule has 7 nitrogen and oxygen atoms in total. The minimum Gasteiger partial charge on any atom is -0.497 e. The molecule has 33 heavy (non-hydrogen) atoms. The highest BCUT2D eigenvalue weighted by atomic mass is 16.5. The Morgan fingerprint density at radius 2 is 1.64 bits per heavy atom. The van der Waals surface area contributed by atoms with E-state index in [1.165, 1.54) is 0 Å². The topological polar surface area (TPSA) is 91.7 Å². The van der Waals surface area contributed by atoms with Crippen LogP contribution in [0.4, 0.5) is 11.4 Å². The number of hydrogen-bond donors (Lipinski definition) is 1. The summed E-state index contributed by atoms with van der Waals surface area (Å²) >= 11 is 0. The van der Waals surface area contributed by atoms with Crippen LogP contribution in [0, 0.1) is 11.3 Å². The van der Waals surface area contributed by atoms with Crippen molar-refractivity contribution in [2.24, 2.45) is 0 Å². The summed E-state index contributed by atoms with van der Waals surface area (Å²) in [6, 6.07) is 22.5. The molecule has 0 saturated heterocycles. The van der Waals surface area contributed by atoms with Gasteiger partial charge in [0, 0.05) is 0 Å². The van der Waals surface area contributed by atoms with Crippen LogP contribution in [-0.2, 0) is 9.59 Å². The molecular weight excluding hydrogens is 418 g/mol. The van der Waals surface area contributed by atoms with Gasteiger partial charge in [-0.15, -0.1) is 0 Å². The van der Waals surface area contributed by atoms with E-state index in [-0.39, 0.29) is 11.3 Å². The number of rotatable bonds is 7. The predicted octanol–water partition coefficient (Wildman–Crippen LogP) is 4.36. The highest BCUT2D eigenvalue weighted by Crippen LogP contribution is 2.36. The van der Waals surface area contributed by atoms with Crippen molar-refractivity contribution in [3.63, 3.8) is 0 Å². The van der Waals surface area contributed by atoms with Gasteiger partial charge in [0.05, 0.1) is 42.3 Å². The molecule has 0 fully saturated rings. The Balaban J connectivity index is 1.81. The molecule has 1 N–H and O–H groups in total. The van der Waals surface area contributed by atoms with Crippen molar-refractivity contribution in [3.05, 3.63) is 89.6 Å². The van der Waals surface area contributed by atoms with E-state index in [9.17, 15) is 9.59 Å². The first-order chi connectivity index (χ1) is 16.1. The van der Waals surface area contributed by atoms with Crippen LogP contribution in [-0.4, -0.2) is 25.5 Å². The summed E-state index contributed by atoms with van der Waals surface area (Å²) < 4.78 is 10.9. The van der Waals surface area contributed by atoms with E-state index >= 15 is 0 Å². The van der Waals surface area contributed by atoms with Crippen LogP contribution in [0.5, 0.6) is 11.5 Å². The molecule has 0 aliphatic carbocycles. The third kappa shape index (κ3) is 4.14. The average molecular weight is 439 g/mol. The Kier molecular flexibility index (Phi) is 6.09. The van der Waals surface area contributed by atoms with Crippen molar-refractivity contribution < 1.29 is 19.1 Å². The lowest BCUT2D eigenvalue weighted by Crippen LogP contribution is -2.32. The molecule has 0 unspecified atom stereocenters. The van der Waals surface area contributed by atoms with Gasteiger partial charge in [-0.3, -0.25) is 9.59 Å². The Bertz CT molecular complexity index is 1270. The molecule has 1 heterocycles. The van der Waals surface area contributed by atoms with Crippen molar-refractivity contribution in [2.75, 3.05) is 23.9 Å². The van der Waals surface area contributed by atoms with Gasteiger partial charge < -0.3 is 14.8 Å². The van der Waals surface area contributed by atoms with E-state index in [4.69, 9.17) is 14.7 Å². The Morgan fingerprint density at radius 1 is 0.939 bits per heavy atom. The summed E-state index contributed by atoms with van der Waals surface area (Å²) in [4.78, 5) is 28.1. The minimum absolute atomic E-state index is 0.140. The molecule has 0 radical (unpaired) electrons. The van der Waals surface area contributed by atoms with Crippen molar-refractivity contribution >= 4 is 28.8 Å². The predicted molar refractivity (Wildman–Crippen MR) is 125 cm³/mol. The summed E-state index contributed by atoms with van der Waals surface area (Å²) in [6.07, 6.45) is 0. The first-order valence-corrected chi connectivity index (χ1v) is 10.3. The second kappa shape index (κ2) is 9.28. The molecular formula is C26H21N3O4. The number of imide groups is 1. The minimum atomic E-state index is -0.498. The van der Waals surface area contributed by atoms with Gasteiger partial charge in [0.1, 0.15) is 17.2 Å². The van der Waals surface area contributed by atoms with Crippen LogP contribution in [0.3, 0.4) is 0 Å². The highest BCUT2D eigenvalue weighted by Gasteiger charge is 2.40. The molecule has 164 valence electrons. The van der Waals surface area contributed by atoms with Crippen LogP contribution >= 0.6 is 0 Å². The highest BCUT2D eigenvalue weighted by molar-refractivity contribution is 6.46. The van der Waals surface area contributed by atoms with E-state index in [1.54, 1.807) is 67.8 Å². The van der Waals surface area contributed by atoms with E-state index in [0.717, 1.165) is 4.90 Å². The fraction of sp³-hybridized carbons (Fsp3) is 0.115. The Hall–Kier alpha value is -4.57. The number of carbonyl (C=O) groups excluding carboxylic acids is 2. The lowest BCUT2D eigenvalue weighted by Gasteiger charge is -2.16. The van der Waals surface area contributed by atoms with Gasteiger partial charge in [0.2, 0.25) is 0 Å². The van der Waals surface area contributed by atoms with Crippen LogP contribution in [0.25, 0.3) is 5.57 Å². The number of hydrogen-bond acceptors (Lipinski definition) is 6. The quantitative estimate of drug-likeness (QED) is 0.550. The standard InChI is InChI=1S/C26H21N3O4/c1-3-33-22-7-5-4-6-21(22)28-24-23(18-10-14-20(32-2)15-11-18)25(30)29(26(24)31)19-12-8-17(16-27)9-13-19/h4-15,28H,3H2,1-2H3. The zero-order valence-corrected chi connectivity index (χ0v) is 18.2. The number of amides is 2. The number of carbonyl (C=O) groups is 2. The largest absolute Gasteiger partial charge is 0.497 e. The van der Waals surface area contributed by atoms with Gasteiger partial charge >= 0.3 is 0 Å². The molecule has 2 amide bonds. The van der Waals surface area contributed by atoms with Crippen molar-refractivity contribution in [2.45, 2.75) is 6.92 Å². The van der Waals surface area contributed by atoms with Gasteiger partial charge in [-0.05, 0) is 61.0 Å². The second-order valence-corrected chi connectivity index (χ2v) is 7.14. The van der Waals surface area contributed by atoms with Crippen LogP contribution in [0.1, 0.15) is 18.1 Å². The molecule has 0 aromatic heterocycles. The molecule has 0 bridgehead atoms. The van der Waals surface area contributed by atoms with Gasteiger partial charge in [-0.2, -0.15) is 5.26 Å². The summed E-state index contributed by atoms with van der Waals surface area (Å²) in [5.74, 6) is 0.239. The summed E-state index contributed by atoms with van der Waals surface area (Å²) in [5, 5.41) is 12.2. The lowest BCUT2D eigenvalue weighted by atomic mass is 10.0. The Morgan fingerprint density at radius 3 is 2.27 bits per heavy atom. The SMILES string of the molecule is CCOc1ccccc1NC1=C(c2ccc(OC)cc2)C(=O)N(c2ccc(C#N)cc2)C1=O. The summed E-state index contributed by atoms with van der Waals surface area (Å²) in [5.41, 5.74) is 2.33. The van der Waals surface area contributed by atoms with Crippen molar-refractivity contribution in [1.82, 2.24) is 0 Å². The second-order valence-electron chi connectivity index (χ2n) is 7.14. The maximum absolute atomic E-state index is 13.5. The van der Waals surface area contributed by atoms with E-state index in [0.29, 0.717) is 40.6 Å². The number of benzene rings is 3. The zero-order valence-electron chi connectivity index (χ0n) is 18.2. The zero-order chi connectivity index (χ0) is 23.4. The first kappa shape index (κ1) is 21.7. The van der Waals surface area contributed by atoms with E-state index in [2.05, 4.69) is 5.32 Å². The van der Waals surface area contributed by atoms with Gasteiger partial charge in [-0.1, -0.05) is 24.3 Å². The maximum Gasteiger partial charge on any atom is 0.282 e. The number of nitrogens with zero attached hydrogens (tertiary/aromatic N) is 2. The summed E-state index contributed by atoms with van der Waals surface area (Å²) in [6.45, 7) is 2.32. The van der Waals surface area contributed by atoms with Crippen LogP contribution < -0.4 is 19.7 Å². The smallest absolute Gasteiger partial charge is 0.282 e. The maximum atomic E-state index is 13.5. The van der Waals surface area contributed by atoms with Crippen LogP contribution in [0.2, 0.25) is 0 Å². The van der Waals surface area contributed by atoms with Gasteiger partial charge in [-0.25, -0.2) is 4.90 Å². The monoisotopic (exact) mass is 439 g/mol. The molecule has 0 atom stereocenters. The number of para-hydroxylation sites is 2. The van der Waals surface area contributed by atoms with Gasteiger partial charge in [0.15, 0.2) is 0 Å². The molecule has 1 aliphatic heterocycles. The van der Waals surface area contributed by atoms with Crippen LogP contribution in [0.15, 0.2) is 78.5 Å². The molecule has 0 saturated carbocycles. The molecule has 1 aliphatic rings. The first-order valence-electron chi connectivity index (χ1n) is 10.3. The fourth-order valence-electron chi connectivity index (χ4n) is 3.58. The number of methoxy groups -OCH3 is 1. The average Bonchev–Trinajstić information content (AvgIpc) is 3.09. The number of anilines is 2. The summed E-state index contributed by atoms with van der Waals surface area (Å²) in [7, 11) is 1.56.